The summed E-state index contributed by atoms with van der Waals surface area (Å²) in [6.45, 7) is 0. The number of nitrogens with zero attached hydrogens (tertiary/aromatic N) is 3. The Kier molecular flexibility index (Phi) is 6.93. The van der Waals surface area contributed by atoms with Crippen LogP contribution in [0.25, 0.3) is 10.8 Å². The number of carbonyl (C=O) groups excluding carboxylic acids is 1. The van der Waals surface area contributed by atoms with Crippen LogP contribution in [0.15, 0.2) is 58.3 Å². The van der Waals surface area contributed by atoms with Crippen molar-refractivity contribution in [2.75, 3.05) is 10.6 Å². The molecule has 5 N–H and O–H groups in total. The number of halogens is 2. The lowest BCUT2D eigenvalue weighted by atomic mass is 10.1. The SMILES string of the molecule is O=C(Nc1cc(S(=O)(=O)O)cc2cc(S(=O)(=O)O)cc(O)c12)c1cccc(Nc2nc(Cl)nc(Cl)n2)c1. The van der Waals surface area contributed by atoms with Crippen molar-refractivity contribution in [3.8, 4) is 5.75 Å². The van der Waals surface area contributed by atoms with E-state index in [1.807, 2.05) is 0 Å². The highest BCUT2D eigenvalue weighted by Crippen LogP contribution is 2.37. The first-order valence-corrected chi connectivity index (χ1v) is 13.4. The molecule has 1 heterocycles. The maximum atomic E-state index is 13.0. The molecule has 0 aliphatic carbocycles. The zero-order valence-corrected chi connectivity index (χ0v) is 21.1. The van der Waals surface area contributed by atoms with Crippen LogP contribution in [0.3, 0.4) is 0 Å². The van der Waals surface area contributed by atoms with Gasteiger partial charge in [0, 0.05) is 22.7 Å². The Balaban J connectivity index is 1.75. The van der Waals surface area contributed by atoms with Gasteiger partial charge in [0.2, 0.25) is 16.5 Å². The molecular weight excluding hydrogens is 573 g/mol. The van der Waals surface area contributed by atoms with Gasteiger partial charge in [-0.1, -0.05) is 6.07 Å². The molecule has 0 aliphatic rings. The third-order valence-electron chi connectivity index (χ3n) is 4.78. The predicted octanol–water partition coefficient (Wildman–Crippen LogP) is 3.53. The Labute approximate surface area is 218 Å². The number of benzene rings is 3. The molecule has 192 valence electrons. The third-order valence-corrected chi connectivity index (χ3v) is 6.78. The van der Waals surface area contributed by atoms with Crippen molar-refractivity contribution >= 4 is 77.4 Å². The predicted molar refractivity (Wildman–Crippen MR) is 133 cm³/mol. The van der Waals surface area contributed by atoms with Crippen LogP contribution in [0.2, 0.25) is 10.6 Å². The average Bonchev–Trinajstić information content (AvgIpc) is 2.76. The Morgan fingerprint density at radius 3 is 2.03 bits per heavy atom. The van der Waals surface area contributed by atoms with Gasteiger partial charge in [-0.2, -0.15) is 31.8 Å². The number of aromatic nitrogens is 3. The summed E-state index contributed by atoms with van der Waals surface area (Å²) in [5.41, 5.74) is 0.114. The monoisotopic (exact) mass is 585 g/mol. The minimum atomic E-state index is -4.82. The van der Waals surface area contributed by atoms with Crippen LogP contribution in [0.4, 0.5) is 17.3 Å². The van der Waals surface area contributed by atoms with E-state index in [1.54, 1.807) is 6.07 Å². The summed E-state index contributed by atoms with van der Waals surface area (Å²) in [6, 6.07) is 9.19. The normalized spacial score (nSPS) is 11.9. The largest absolute Gasteiger partial charge is 0.507 e. The molecule has 37 heavy (non-hydrogen) atoms. The van der Waals surface area contributed by atoms with Crippen molar-refractivity contribution < 1.29 is 35.8 Å². The van der Waals surface area contributed by atoms with E-state index < -0.39 is 41.7 Å². The first-order valence-electron chi connectivity index (χ1n) is 9.72. The molecule has 13 nitrogen and oxygen atoms in total. The maximum absolute atomic E-state index is 13.0. The van der Waals surface area contributed by atoms with Gasteiger partial charge in [0.1, 0.15) is 5.75 Å². The molecule has 0 saturated heterocycles. The lowest BCUT2D eigenvalue weighted by Gasteiger charge is -2.14. The highest BCUT2D eigenvalue weighted by molar-refractivity contribution is 7.86. The van der Waals surface area contributed by atoms with Gasteiger partial charge in [0.05, 0.1) is 15.5 Å². The van der Waals surface area contributed by atoms with Crippen LogP contribution in [0.5, 0.6) is 5.75 Å². The molecule has 0 unspecified atom stereocenters. The smallest absolute Gasteiger partial charge is 0.294 e. The highest BCUT2D eigenvalue weighted by atomic mass is 35.5. The molecule has 0 aliphatic heterocycles. The lowest BCUT2D eigenvalue weighted by Crippen LogP contribution is -2.13. The second-order valence-corrected chi connectivity index (χ2v) is 10.8. The average molecular weight is 586 g/mol. The molecule has 1 aromatic heterocycles. The summed E-state index contributed by atoms with van der Waals surface area (Å²) in [6.07, 6.45) is 0. The van der Waals surface area contributed by atoms with Crippen LogP contribution < -0.4 is 10.6 Å². The second-order valence-electron chi connectivity index (χ2n) is 7.32. The van der Waals surface area contributed by atoms with E-state index in [-0.39, 0.29) is 38.5 Å². The summed E-state index contributed by atoms with van der Waals surface area (Å²) in [4.78, 5) is 22.9. The number of phenols is 1. The van der Waals surface area contributed by atoms with Crippen LogP contribution >= 0.6 is 23.2 Å². The van der Waals surface area contributed by atoms with Gasteiger partial charge in [-0.05, 0) is 65.0 Å². The van der Waals surface area contributed by atoms with Crippen molar-refractivity contribution in [3.63, 3.8) is 0 Å². The molecule has 0 atom stereocenters. The number of aromatic hydroxyl groups is 1. The zero-order chi connectivity index (χ0) is 27.1. The third kappa shape index (κ3) is 6.04. The molecule has 0 radical (unpaired) electrons. The van der Waals surface area contributed by atoms with Gasteiger partial charge in [-0.25, -0.2) is 0 Å². The number of anilines is 3. The van der Waals surface area contributed by atoms with Crippen LogP contribution in [-0.4, -0.2) is 51.9 Å². The number of phenolic OH excluding ortho intramolecular Hbond substituents is 1. The van der Waals surface area contributed by atoms with Gasteiger partial charge in [-0.15, -0.1) is 0 Å². The van der Waals surface area contributed by atoms with Crippen LogP contribution in [-0.2, 0) is 20.2 Å². The van der Waals surface area contributed by atoms with Crippen molar-refractivity contribution in [1.82, 2.24) is 15.0 Å². The van der Waals surface area contributed by atoms with Gasteiger partial charge in [0.25, 0.3) is 26.1 Å². The minimum absolute atomic E-state index is 0.00559. The molecule has 4 rings (SSSR count). The quantitative estimate of drug-likeness (QED) is 0.206. The lowest BCUT2D eigenvalue weighted by molar-refractivity contribution is 0.102. The Morgan fingerprint density at radius 2 is 1.43 bits per heavy atom. The van der Waals surface area contributed by atoms with E-state index in [9.17, 15) is 35.8 Å². The molecule has 4 aromatic rings. The number of fused-ring (bicyclic) bond motifs is 1. The standard InChI is InChI=1S/C20H13Cl2N5O8S2/c21-18-25-19(22)27-20(26-18)23-11-3-1-2-9(4-11)17(29)24-14-7-12(36(30,31)32)5-10-6-13(37(33,34)35)8-15(28)16(10)14/h1-8,28H,(H,24,29)(H,30,31,32)(H,33,34,35)(H,23,25,26,27). The fourth-order valence-electron chi connectivity index (χ4n) is 3.28. The van der Waals surface area contributed by atoms with E-state index in [4.69, 9.17) is 23.2 Å². The Hall–Kier alpha value is -3.60. The summed E-state index contributed by atoms with van der Waals surface area (Å²) >= 11 is 11.5. The number of hydrogen-bond donors (Lipinski definition) is 5. The van der Waals surface area contributed by atoms with Gasteiger partial charge in [0.15, 0.2) is 0 Å². The number of amides is 1. The zero-order valence-electron chi connectivity index (χ0n) is 17.9. The Bertz CT molecular complexity index is 1780. The first kappa shape index (κ1) is 26.5. The first-order chi connectivity index (χ1) is 17.2. The fraction of sp³-hybridized carbons (Fsp3) is 0. The van der Waals surface area contributed by atoms with Gasteiger partial charge < -0.3 is 15.7 Å². The van der Waals surface area contributed by atoms with Crippen LogP contribution in [0.1, 0.15) is 10.4 Å². The number of carbonyl (C=O) groups is 1. The molecule has 3 aromatic carbocycles. The van der Waals surface area contributed by atoms with E-state index in [1.165, 1.54) is 18.2 Å². The molecule has 0 saturated carbocycles. The van der Waals surface area contributed by atoms with Crippen molar-refractivity contribution in [3.05, 3.63) is 64.7 Å². The van der Waals surface area contributed by atoms with E-state index >= 15 is 0 Å². The molecule has 0 bridgehead atoms. The number of hydrogen-bond acceptors (Lipinski definition) is 10. The van der Waals surface area contributed by atoms with E-state index in [2.05, 4.69) is 25.6 Å². The van der Waals surface area contributed by atoms with Gasteiger partial charge in [-0.3, -0.25) is 13.9 Å². The summed E-state index contributed by atoms with van der Waals surface area (Å²) in [5.74, 6) is -1.47. The topological polar surface area (TPSA) is 209 Å². The molecular formula is C20H13Cl2N5O8S2. The molecule has 0 spiro atoms. The fourth-order valence-corrected chi connectivity index (χ4v) is 4.72. The highest BCUT2D eigenvalue weighted by Gasteiger charge is 2.21. The molecule has 1 amide bonds. The minimum Gasteiger partial charge on any atom is -0.507 e. The summed E-state index contributed by atoms with van der Waals surface area (Å²) in [7, 11) is -9.60. The molecule has 0 fully saturated rings. The van der Waals surface area contributed by atoms with Crippen molar-refractivity contribution in [2.24, 2.45) is 0 Å². The van der Waals surface area contributed by atoms with Crippen molar-refractivity contribution in [1.29, 1.82) is 0 Å². The van der Waals surface area contributed by atoms with Gasteiger partial charge >= 0.3 is 0 Å². The van der Waals surface area contributed by atoms with Crippen LogP contribution in [0, 0.1) is 0 Å². The van der Waals surface area contributed by atoms with E-state index in [0.717, 1.165) is 24.3 Å². The summed E-state index contributed by atoms with van der Waals surface area (Å²) in [5, 5.41) is 14.9. The Morgan fingerprint density at radius 1 is 0.838 bits per heavy atom. The van der Waals surface area contributed by atoms with Crippen molar-refractivity contribution in [2.45, 2.75) is 9.79 Å². The number of nitrogens with one attached hydrogen (secondary N) is 2. The second kappa shape index (κ2) is 9.70. The summed E-state index contributed by atoms with van der Waals surface area (Å²) < 4.78 is 65.5. The molecule has 17 heteroatoms. The van der Waals surface area contributed by atoms with E-state index in [0.29, 0.717) is 5.69 Å². The number of rotatable bonds is 6. The maximum Gasteiger partial charge on any atom is 0.294 e.